The topological polar surface area (TPSA) is 46.5 Å². The second-order valence-electron chi connectivity index (χ2n) is 18.3. The lowest BCUT2D eigenvalue weighted by Crippen LogP contribution is -2.04. The largest absolute Gasteiger partial charge is 0.307 e. The van der Waals surface area contributed by atoms with Crippen LogP contribution in [0, 0.1) is 39.0 Å². The molecule has 0 radical (unpaired) electrons. The van der Waals surface area contributed by atoms with Crippen molar-refractivity contribution in [3.63, 3.8) is 0 Å². The predicted molar refractivity (Wildman–Crippen MR) is 284 cm³/mol. The van der Waals surface area contributed by atoms with Gasteiger partial charge < -0.3 is 4.57 Å². The van der Waals surface area contributed by atoms with Crippen molar-refractivity contribution >= 4 is 43.6 Å². The number of nitriles is 1. The number of hydrogen-bond acceptors (Lipinski definition) is 2. The average molecular weight is 871 g/mol. The Morgan fingerprint density at radius 3 is 1.07 bits per heavy atom. The molecule has 9 aromatic carbocycles. The molecule has 0 N–H and O–H groups in total. The minimum atomic E-state index is 0.597. The van der Waals surface area contributed by atoms with Gasteiger partial charge in [0.1, 0.15) is 5.82 Å². The molecule has 0 aliphatic rings. The lowest BCUT2D eigenvalue weighted by Gasteiger charge is -2.17. The molecule has 68 heavy (non-hydrogen) atoms. The van der Waals surface area contributed by atoms with E-state index in [0.717, 1.165) is 111 Å². The van der Waals surface area contributed by atoms with Crippen LogP contribution in [0.15, 0.2) is 206 Å². The van der Waals surface area contributed by atoms with E-state index in [1.165, 1.54) is 22.3 Å². The van der Waals surface area contributed by atoms with Crippen LogP contribution in [0.2, 0.25) is 0 Å². The monoisotopic (exact) mass is 870 g/mol. The maximum absolute atomic E-state index is 10.3. The van der Waals surface area contributed by atoms with E-state index in [9.17, 15) is 5.26 Å². The molecular formula is C64H46N4. The standard InChI is InChI=1S/C64H46N4/c1-40-8-16-45(17-9-40)49-24-28-54-55-29-25-50(46-18-10-41(2)11-19-46)34-60(55)67(59(54)33-49)63-39-66-64(37-58(63)53-7-5-6-44(32-53)38-65)68-61-35-51(47-20-12-42(3)13-21-47)26-30-56(61)57-31-27-52(36-62(57)68)48-22-14-43(4)15-23-48/h5-37,39H,1-4H3. The summed E-state index contributed by atoms with van der Waals surface area (Å²) in [6.45, 7) is 8.50. The first-order valence-electron chi connectivity index (χ1n) is 23.2. The highest BCUT2D eigenvalue weighted by Crippen LogP contribution is 2.42. The van der Waals surface area contributed by atoms with Crippen LogP contribution in [-0.4, -0.2) is 14.1 Å². The molecule has 0 saturated heterocycles. The van der Waals surface area contributed by atoms with Crippen LogP contribution in [-0.2, 0) is 0 Å². The summed E-state index contributed by atoms with van der Waals surface area (Å²) in [6.07, 6.45) is 2.05. The van der Waals surface area contributed by atoms with Gasteiger partial charge in [0.2, 0.25) is 0 Å². The molecule has 0 aliphatic carbocycles. The number of nitrogens with zero attached hydrogens (tertiary/aromatic N) is 4. The second-order valence-corrected chi connectivity index (χ2v) is 18.3. The molecule has 0 bridgehead atoms. The van der Waals surface area contributed by atoms with E-state index in [0.29, 0.717) is 5.56 Å². The fraction of sp³-hybridized carbons (Fsp3) is 0.0625. The number of pyridine rings is 1. The third-order valence-electron chi connectivity index (χ3n) is 13.7. The third-order valence-corrected chi connectivity index (χ3v) is 13.7. The molecule has 12 rings (SSSR count). The van der Waals surface area contributed by atoms with Gasteiger partial charge in [0, 0.05) is 27.1 Å². The molecule has 3 aromatic heterocycles. The maximum atomic E-state index is 10.3. The number of aryl methyl sites for hydroxylation is 4. The van der Waals surface area contributed by atoms with E-state index in [1.807, 2.05) is 24.4 Å². The van der Waals surface area contributed by atoms with Crippen molar-refractivity contribution in [2.45, 2.75) is 27.7 Å². The van der Waals surface area contributed by atoms with Gasteiger partial charge in [-0.1, -0.05) is 180 Å². The minimum Gasteiger partial charge on any atom is -0.307 e. The summed E-state index contributed by atoms with van der Waals surface area (Å²) in [6, 6.07) is 74.9. The molecule has 4 heteroatoms. The molecule has 3 heterocycles. The molecule has 0 fully saturated rings. The Hall–Kier alpha value is -8.78. The summed E-state index contributed by atoms with van der Waals surface area (Å²) in [5, 5.41) is 14.9. The first kappa shape index (κ1) is 40.7. The van der Waals surface area contributed by atoms with Gasteiger partial charge in [-0.3, -0.25) is 4.57 Å². The summed E-state index contributed by atoms with van der Waals surface area (Å²) in [7, 11) is 0. The van der Waals surface area contributed by atoms with Gasteiger partial charge in [0.25, 0.3) is 0 Å². The van der Waals surface area contributed by atoms with Gasteiger partial charge in [0.05, 0.1) is 45.6 Å². The zero-order chi connectivity index (χ0) is 46.0. The zero-order valence-electron chi connectivity index (χ0n) is 38.4. The summed E-state index contributed by atoms with van der Waals surface area (Å²) < 4.78 is 4.72. The molecule has 0 spiro atoms. The molecule has 0 atom stereocenters. The second kappa shape index (κ2) is 16.3. The number of aromatic nitrogens is 3. The van der Waals surface area contributed by atoms with Gasteiger partial charge in [0.15, 0.2) is 0 Å². The molecule has 0 aliphatic heterocycles. The lowest BCUT2D eigenvalue weighted by atomic mass is 10.0. The van der Waals surface area contributed by atoms with Crippen LogP contribution in [0.5, 0.6) is 0 Å². The Morgan fingerprint density at radius 2 is 0.706 bits per heavy atom. The van der Waals surface area contributed by atoms with Crippen LogP contribution in [0.3, 0.4) is 0 Å². The smallest absolute Gasteiger partial charge is 0.138 e. The number of fused-ring (bicyclic) bond motifs is 6. The van der Waals surface area contributed by atoms with Crippen LogP contribution in [0.25, 0.3) is 111 Å². The normalized spacial score (nSPS) is 11.5. The zero-order valence-corrected chi connectivity index (χ0v) is 38.4. The molecule has 0 amide bonds. The molecule has 4 nitrogen and oxygen atoms in total. The first-order valence-corrected chi connectivity index (χ1v) is 23.2. The number of hydrogen-bond donors (Lipinski definition) is 0. The lowest BCUT2D eigenvalue weighted by molar-refractivity contribution is 1.06. The highest BCUT2D eigenvalue weighted by atomic mass is 15.1. The van der Waals surface area contributed by atoms with Crippen molar-refractivity contribution in [3.05, 3.63) is 234 Å². The molecule has 0 unspecified atom stereocenters. The van der Waals surface area contributed by atoms with Gasteiger partial charge in [-0.2, -0.15) is 5.26 Å². The average Bonchev–Trinajstić information content (AvgIpc) is 3.88. The van der Waals surface area contributed by atoms with Crippen LogP contribution in [0.4, 0.5) is 0 Å². The quantitative estimate of drug-likeness (QED) is 0.160. The third kappa shape index (κ3) is 7.05. The van der Waals surface area contributed by atoms with Crippen molar-refractivity contribution in [2.75, 3.05) is 0 Å². The summed E-state index contributed by atoms with van der Waals surface area (Å²) in [5.41, 5.74) is 21.8. The Balaban J connectivity index is 1.16. The maximum Gasteiger partial charge on any atom is 0.138 e. The summed E-state index contributed by atoms with van der Waals surface area (Å²) in [5.74, 6) is 0.787. The Bertz CT molecular complexity index is 3770. The van der Waals surface area contributed by atoms with Crippen LogP contribution >= 0.6 is 0 Å². The van der Waals surface area contributed by atoms with Crippen molar-refractivity contribution in [1.29, 1.82) is 5.26 Å². The predicted octanol–water partition coefficient (Wildman–Crippen LogP) is 16.7. The van der Waals surface area contributed by atoms with Gasteiger partial charge in [-0.15, -0.1) is 0 Å². The Kier molecular flexibility index (Phi) is 9.74. The van der Waals surface area contributed by atoms with Gasteiger partial charge >= 0.3 is 0 Å². The van der Waals surface area contributed by atoms with E-state index < -0.39 is 0 Å². The van der Waals surface area contributed by atoms with Gasteiger partial charge in [-0.25, -0.2) is 4.98 Å². The molecule has 12 aromatic rings. The van der Waals surface area contributed by atoms with Crippen molar-refractivity contribution in [1.82, 2.24) is 14.1 Å². The van der Waals surface area contributed by atoms with E-state index in [1.54, 1.807) is 0 Å². The van der Waals surface area contributed by atoms with Gasteiger partial charge in [-0.05, 0) is 120 Å². The van der Waals surface area contributed by atoms with E-state index >= 15 is 0 Å². The van der Waals surface area contributed by atoms with Crippen molar-refractivity contribution in [2.24, 2.45) is 0 Å². The Morgan fingerprint density at radius 1 is 0.353 bits per heavy atom. The van der Waals surface area contributed by atoms with Crippen molar-refractivity contribution < 1.29 is 0 Å². The van der Waals surface area contributed by atoms with E-state index in [4.69, 9.17) is 4.98 Å². The first-order chi connectivity index (χ1) is 33.3. The van der Waals surface area contributed by atoms with E-state index in [-0.39, 0.29) is 0 Å². The minimum absolute atomic E-state index is 0.597. The summed E-state index contributed by atoms with van der Waals surface area (Å²) >= 11 is 0. The molecule has 322 valence electrons. The molecular weight excluding hydrogens is 825 g/mol. The summed E-state index contributed by atoms with van der Waals surface area (Å²) in [4.78, 5) is 5.51. The highest BCUT2D eigenvalue weighted by molar-refractivity contribution is 6.13. The Labute approximate surface area is 396 Å². The fourth-order valence-corrected chi connectivity index (χ4v) is 9.97. The number of benzene rings is 9. The highest BCUT2D eigenvalue weighted by Gasteiger charge is 2.22. The van der Waals surface area contributed by atoms with Crippen molar-refractivity contribution in [3.8, 4) is 73.2 Å². The van der Waals surface area contributed by atoms with Crippen LogP contribution < -0.4 is 0 Å². The number of rotatable bonds is 7. The van der Waals surface area contributed by atoms with E-state index in [2.05, 4.69) is 225 Å². The SMILES string of the molecule is Cc1ccc(-c2ccc3c4ccc(-c5ccc(C)cc5)cc4n(-c4cc(-c5cccc(C#N)c5)c(-n5c6cc(-c7ccc(C)cc7)ccc6c6ccc(-c7ccc(C)cc7)cc65)cn4)c3c2)cc1. The fourth-order valence-electron chi connectivity index (χ4n) is 9.97. The molecule has 0 saturated carbocycles. The van der Waals surface area contributed by atoms with Crippen LogP contribution in [0.1, 0.15) is 27.8 Å².